The molecule has 1 heteroatoms. The first-order chi connectivity index (χ1) is 7.11. The Kier molecular flexibility index (Phi) is 2.56. The Morgan fingerprint density at radius 2 is 1.47 bits per heavy atom. The van der Waals surface area contributed by atoms with Gasteiger partial charge in [0.15, 0.2) is 0 Å². The number of benzene rings is 1. The lowest BCUT2D eigenvalue weighted by molar-refractivity contribution is 0.607. The second-order valence-electron chi connectivity index (χ2n) is 4.72. The topological polar surface area (TPSA) is 13.1 Å². The molecular weight excluding hydrogens is 184 g/mol. The predicted molar refractivity (Wildman–Crippen MR) is 64.4 cm³/mol. The van der Waals surface area contributed by atoms with Gasteiger partial charge < -0.3 is 4.42 Å². The van der Waals surface area contributed by atoms with Crippen LogP contribution in [0.4, 0.5) is 0 Å². The van der Waals surface area contributed by atoms with Crippen LogP contribution in [-0.4, -0.2) is 0 Å². The molecule has 1 heterocycles. The molecule has 0 aliphatic carbocycles. The van der Waals surface area contributed by atoms with Gasteiger partial charge in [-0.2, -0.15) is 0 Å². The lowest BCUT2D eigenvalue weighted by Gasteiger charge is -2.11. The van der Waals surface area contributed by atoms with Gasteiger partial charge in [-0.25, -0.2) is 0 Å². The molecule has 0 N–H and O–H groups in total. The van der Waals surface area contributed by atoms with E-state index >= 15 is 0 Å². The molecule has 1 nitrogen and oxygen atoms in total. The van der Waals surface area contributed by atoms with Gasteiger partial charge in [0.1, 0.15) is 5.58 Å². The van der Waals surface area contributed by atoms with Gasteiger partial charge in [0.2, 0.25) is 0 Å². The van der Waals surface area contributed by atoms with Crippen molar-refractivity contribution < 1.29 is 4.42 Å². The summed E-state index contributed by atoms with van der Waals surface area (Å²) in [6, 6.07) is 6.51. The van der Waals surface area contributed by atoms with Crippen LogP contribution >= 0.6 is 0 Å². The second-order valence-corrected chi connectivity index (χ2v) is 4.72. The molecular formula is C14H18O. The predicted octanol–water partition coefficient (Wildman–Crippen LogP) is 4.68. The van der Waals surface area contributed by atoms with Crippen LogP contribution in [-0.2, 0) is 0 Å². The van der Waals surface area contributed by atoms with Crippen LogP contribution in [0, 0.1) is 0 Å². The molecule has 0 atom stereocenters. The van der Waals surface area contributed by atoms with Gasteiger partial charge in [0, 0.05) is 5.39 Å². The summed E-state index contributed by atoms with van der Waals surface area (Å²) in [5.41, 5.74) is 3.75. The number of hydrogen-bond donors (Lipinski definition) is 0. The Balaban J connectivity index is 2.71. The lowest BCUT2D eigenvalue weighted by Crippen LogP contribution is -1.93. The highest BCUT2D eigenvalue weighted by molar-refractivity contribution is 5.84. The van der Waals surface area contributed by atoms with Crippen LogP contribution in [0.25, 0.3) is 11.0 Å². The molecule has 0 amide bonds. The quantitative estimate of drug-likeness (QED) is 0.689. The van der Waals surface area contributed by atoms with Crippen molar-refractivity contribution in [3.05, 3.63) is 35.6 Å². The summed E-state index contributed by atoms with van der Waals surface area (Å²) in [6.07, 6.45) is 1.79. The average Bonchev–Trinajstić information content (AvgIpc) is 2.63. The summed E-state index contributed by atoms with van der Waals surface area (Å²) in [4.78, 5) is 0. The van der Waals surface area contributed by atoms with Gasteiger partial charge in [-0.15, -0.1) is 0 Å². The summed E-state index contributed by atoms with van der Waals surface area (Å²) in [6.45, 7) is 8.84. The van der Waals surface area contributed by atoms with E-state index in [0.717, 1.165) is 5.58 Å². The number of hydrogen-bond acceptors (Lipinski definition) is 1. The van der Waals surface area contributed by atoms with Crippen molar-refractivity contribution in [1.82, 2.24) is 0 Å². The minimum absolute atomic E-state index is 0.514. The van der Waals surface area contributed by atoms with Gasteiger partial charge in [0.05, 0.1) is 6.26 Å². The molecule has 80 valence electrons. The van der Waals surface area contributed by atoms with Crippen LogP contribution in [0.15, 0.2) is 28.9 Å². The first-order valence-electron chi connectivity index (χ1n) is 5.61. The Morgan fingerprint density at radius 3 is 2.07 bits per heavy atom. The fourth-order valence-corrected chi connectivity index (χ4v) is 2.06. The molecule has 15 heavy (non-hydrogen) atoms. The Labute approximate surface area is 91.1 Å². The average molecular weight is 202 g/mol. The highest BCUT2D eigenvalue weighted by Gasteiger charge is 2.12. The maximum atomic E-state index is 5.60. The summed E-state index contributed by atoms with van der Waals surface area (Å²) in [5.74, 6) is 1.06. The van der Waals surface area contributed by atoms with E-state index in [0.29, 0.717) is 11.8 Å². The van der Waals surface area contributed by atoms with Crippen LogP contribution < -0.4 is 0 Å². The van der Waals surface area contributed by atoms with Gasteiger partial charge in [-0.1, -0.05) is 39.8 Å². The summed E-state index contributed by atoms with van der Waals surface area (Å²) >= 11 is 0. The maximum absolute atomic E-state index is 5.60. The molecule has 2 rings (SSSR count). The molecule has 1 aromatic heterocycles. The number of fused-ring (bicyclic) bond motifs is 1. The van der Waals surface area contributed by atoms with E-state index in [4.69, 9.17) is 4.42 Å². The van der Waals surface area contributed by atoms with Crippen molar-refractivity contribution in [3.63, 3.8) is 0 Å². The van der Waals surface area contributed by atoms with Gasteiger partial charge in [0.25, 0.3) is 0 Å². The molecule has 1 aromatic carbocycles. The van der Waals surface area contributed by atoms with Gasteiger partial charge in [-0.05, 0) is 29.0 Å². The van der Waals surface area contributed by atoms with Crippen molar-refractivity contribution in [2.24, 2.45) is 0 Å². The Morgan fingerprint density at radius 1 is 0.867 bits per heavy atom. The Hall–Kier alpha value is -1.24. The summed E-state index contributed by atoms with van der Waals surface area (Å²) < 4.78 is 5.60. The molecule has 0 spiro atoms. The smallest absolute Gasteiger partial charge is 0.137 e. The monoisotopic (exact) mass is 202 g/mol. The van der Waals surface area contributed by atoms with Gasteiger partial charge >= 0.3 is 0 Å². The molecule has 0 bridgehead atoms. The zero-order chi connectivity index (χ0) is 11.0. The van der Waals surface area contributed by atoms with E-state index in [1.54, 1.807) is 6.26 Å². The molecule has 0 saturated carbocycles. The molecule has 0 radical (unpaired) electrons. The lowest BCUT2D eigenvalue weighted by atomic mass is 9.93. The van der Waals surface area contributed by atoms with Crippen molar-refractivity contribution in [2.45, 2.75) is 39.5 Å². The summed E-state index contributed by atoms with van der Waals surface area (Å²) in [5, 5.41) is 1.27. The molecule has 0 saturated heterocycles. The fourth-order valence-electron chi connectivity index (χ4n) is 2.06. The normalized spacial score (nSPS) is 11.9. The standard InChI is InChI=1S/C14H18O/c1-9(2)11-5-6-12(10(3)4)14-13(11)7-8-15-14/h5-10H,1-4H3. The van der Waals surface area contributed by atoms with Crippen molar-refractivity contribution in [2.75, 3.05) is 0 Å². The number of furan rings is 1. The van der Waals surface area contributed by atoms with Crippen molar-refractivity contribution >= 4 is 11.0 Å². The second kappa shape index (κ2) is 3.73. The van der Waals surface area contributed by atoms with E-state index in [2.05, 4.69) is 45.9 Å². The van der Waals surface area contributed by atoms with E-state index in [-0.39, 0.29) is 0 Å². The van der Waals surface area contributed by atoms with Crippen LogP contribution in [0.2, 0.25) is 0 Å². The first-order valence-corrected chi connectivity index (χ1v) is 5.61. The van der Waals surface area contributed by atoms with Crippen molar-refractivity contribution in [1.29, 1.82) is 0 Å². The van der Waals surface area contributed by atoms with E-state index in [9.17, 15) is 0 Å². The number of rotatable bonds is 2. The SMILES string of the molecule is CC(C)c1ccc(C(C)C)c2occc12. The van der Waals surface area contributed by atoms with Crippen LogP contribution in [0.5, 0.6) is 0 Å². The molecule has 0 fully saturated rings. The van der Waals surface area contributed by atoms with E-state index in [1.165, 1.54) is 16.5 Å². The molecule has 0 aliphatic rings. The van der Waals surface area contributed by atoms with E-state index in [1.807, 2.05) is 0 Å². The first kappa shape index (κ1) is 10.3. The van der Waals surface area contributed by atoms with Crippen molar-refractivity contribution in [3.8, 4) is 0 Å². The maximum Gasteiger partial charge on any atom is 0.137 e. The third-order valence-corrected chi connectivity index (χ3v) is 2.92. The van der Waals surface area contributed by atoms with Gasteiger partial charge in [-0.3, -0.25) is 0 Å². The zero-order valence-corrected chi connectivity index (χ0v) is 9.87. The highest BCUT2D eigenvalue weighted by Crippen LogP contribution is 2.32. The van der Waals surface area contributed by atoms with E-state index < -0.39 is 0 Å². The molecule has 0 unspecified atom stereocenters. The Bertz CT molecular complexity index is 421. The zero-order valence-electron chi connectivity index (χ0n) is 9.87. The molecule has 0 aliphatic heterocycles. The minimum Gasteiger partial charge on any atom is -0.464 e. The molecule has 2 aromatic rings. The highest BCUT2D eigenvalue weighted by atomic mass is 16.3. The van der Waals surface area contributed by atoms with Crippen LogP contribution in [0.1, 0.15) is 50.7 Å². The van der Waals surface area contributed by atoms with Crippen LogP contribution in [0.3, 0.4) is 0 Å². The largest absolute Gasteiger partial charge is 0.464 e. The summed E-state index contributed by atoms with van der Waals surface area (Å²) in [7, 11) is 0. The fraction of sp³-hybridized carbons (Fsp3) is 0.429. The third-order valence-electron chi connectivity index (χ3n) is 2.92. The minimum atomic E-state index is 0.514. The third kappa shape index (κ3) is 1.67.